The van der Waals surface area contributed by atoms with E-state index in [2.05, 4.69) is 33.0 Å². The number of rotatable bonds is 13. The summed E-state index contributed by atoms with van der Waals surface area (Å²) in [6, 6.07) is 4.89. The largest absolute Gasteiger partial charge is 0.344 e. The fraction of sp³-hybridized carbons (Fsp3) is 0.629. The highest BCUT2D eigenvalue weighted by Crippen LogP contribution is 2.51. The summed E-state index contributed by atoms with van der Waals surface area (Å²) in [5, 5.41) is 12.9. The van der Waals surface area contributed by atoms with Crippen molar-refractivity contribution in [3.05, 3.63) is 47.5 Å². The molecule has 0 spiro atoms. The van der Waals surface area contributed by atoms with Crippen LogP contribution in [-0.4, -0.2) is 87.5 Å². The van der Waals surface area contributed by atoms with Gasteiger partial charge < -0.3 is 20.9 Å². The van der Waals surface area contributed by atoms with Crippen LogP contribution in [-0.2, 0) is 14.4 Å². The van der Waals surface area contributed by atoms with E-state index in [4.69, 9.17) is 0 Å². The molecule has 2 aliphatic carbocycles. The number of carbonyl (C=O) groups excluding carboxylic acids is 4. The number of nitrogens with zero attached hydrogens (tertiary/aromatic N) is 4. The van der Waals surface area contributed by atoms with Crippen LogP contribution in [0.1, 0.15) is 94.2 Å². The van der Waals surface area contributed by atoms with Gasteiger partial charge in [-0.05, 0) is 94.5 Å². The van der Waals surface area contributed by atoms with E-state index in [1.165, 1.54) is 12.1 Å². The molecule has 2 bridgehead atoms. The highest BCUT2D eigenvalue weighted by Gasteiger charge is 2.49. The van der Waals surface area contributed by atoms with Crippen LogP contribution in [0, 0.1) is 23.6 Å². The zero-order valence-corrected chi connectivity index (χ0v) is 28.0. The number of carbonyl (C=O) groups is 4. The van der Waals surface area contributed by atoms with Crippen molar-refractivity contribution in [1.82, 2.24) is 30.2 Å². The van der Waals surface area contributed by atoms with E-state index in [1.54, 1.807) is 29.9 Å². The molecule has 6 rings (SSSR count). The highest BCUT2D eigenvalue weighted by molar-refractivity contribution is 6.01. The Kier molecular flexibility index (Phi) is 9.42. The molecule has 254 valence electrons. The Hall–Kier alpha value is -3.80. The number of likely N-dealkylation sites (N-methyl/N-ethyl adjacent to an activating group) is 1. The van der Waals surface area contributed by atoms with Gasteiger partial charge in [0.25, 0.3) is 5.91 Å². The highest BCUT2D eigenvalue weighted by atomic mass is 19.1. The molecule has 4 aliphatic rings. The van der Waals surface area contributed by atoms with Crippen LogP contribution in [0.4, 0.5) is 10.1 Å². The van der Waals surface area contributed by atoms with Crippen molar-refractivity contribution in [1.29, 1.82) is 0 Å². The molecule has 4 fully saturated rings. The molecule has 4 amide bonds. The van der Waals surface area contributed by atoms with Crippen LogP contribution in [0.5, 0.6) is 0 Å². The maximum atomic E-state index is 15.8. The summed E-state index contributed by atoms with van der Waals surface area (Å²) in [7, 11) is 2.06. The first-order valence-electron chi connectivity index (χ1n) is 17.2. The molecule has 11 nitrogen and oxygen atoms in total. The number of benzene rings is 1. The minimum absolute atomic E-state index is 0.00289. The van der Waals surface area contributed by atoms with E-state index in [9.17, 15) is 19.2 Å². The number of fused-ring (bicyclic) bond motifs is 2. The van der Waals surface area contributed by atoms with Crippen molar-refractivity contribution in [2.24, 2.45) is 17.8 Å². The van der Waals surface area contributed by atoms with Gasteiger partial charge in [-0.15, -0.1) is 0 Å². The number of nitrogens with one attached hydrogen (secondary N) is 3. The molecular weight excluding hydrogens is 601 g/mol. The standard InChI is InChI=1S/C35H48FN7O4/c1-6-29(44)39-31(35(47)42-18-24-16-25(42)17-41(24)5)20(4)23-11-12-27(26(36)15-23)38-34(46)32(30(21-7-8-21)22-9-10-22)40-33(45)28-13-14-37-43(28)19(2)3/h11-15,19-22,24-25,30-32H,6-10,16-18H2,1-5H3,(H,38,46)(H,39,44)(H,40,45)/t20-,24+,25+,31+,32-/m0/s1. The van der Waals surface area contributed by atoms with Gasteiger partial charge in [0.1, 0.15) is 23.6 Å². The van der Waals surface area contributed by atoms with Gasteiger partial charge in [0.05, 0.1) is 5.69 Å². The lowest BCUT2D eigenvalue weighted by Crippen LogP contribution is -2.55. The molecular formula is C35H48FN7O4. The van der Waals surface area contributed by atoms with Crippen molar-refractivity contribution in [2.45, 2.75) is 102 Å². The first-order valence-corrected chi connectivity index (χ1v) is 17.2. The van der Waals surface area contributed by atoms with E-state index in [0.29, 0.717) is 35.7 Å². The van der Waals surface area contributed by atoms with E-state index in [-0.39, 0.29) is 47.8 Å². The Morgan fingerprint density at radius 2 is 1.66 bits per heavy atom. The predicted octanol–water partition coefficient (Wildman–Crippen LogP) is 3.69. The maximum absolute atomic E-state index is 15.8. The van der Waals surface area contributed by atoms with Gasteiger partial charge >= 0.3 is 0 Å². The number of hydrogen-bond acceptors (Lipinski definition) is 6. The Morgan fingerprint density at radius 3 is 2.21 bits per heavy atom. The molecule has 0 radical (unpaired) electrons. The van der Waals surface area contributed by atoms with Crippen molar-refractivity contribution < 1.29 is 23.6 Å². The molecule has 1 aromatic heterocycles. The average Bonchev–Trinajstić information content (AvgIpc) is 3.94. The average molecular weight is 650 g/mol. The van der Waals surface area contributed by atoms with Crippen molar-refractivity contribution >= 4 is 29.3 Å². The van der Waals surface area contributed by atoms with Gasteiger partial charge in [0.2, 0.25) is 17.7 Å². The normalized spacial score (nSPS) is 22.8. The third-order valence-corrected chi connectivity index (χ3v) is 10.7. The minimum Gasteiger partial charge on any atom is -0.344 e. The third-order valence-electron chi connectivity index (χ3n) is 10.7. The molecule has 47 heavy (non-hydrogen) atoms. The number of amides is 4. The summed E-state index contributed by atoms with van der Waals surface area (Å²) in [5.41, 5.74) is 0.918. The summed E-state index contributed by atoms with van der Waals surface area (Å²) in [6.45, 7) is 8.83. The topological polar surface area (TPSA) is 129 Å². The lowest BCUT2D eigenvalue weighted by molar-refractivity contribution is -0.138. The molecule has 2 saturated carbocycles. The second kappa shape index (κ2) is 13.4. The summed E-state index contributed by atoms with van der Waals surface area (Å²) in [5.74, 6) is -1.71. The molecule has 2 aliphatic heterocycles. The fourth-order valence-electron chi connectivity index (χ4n) is 7.66. The first-order chi connectivity index (χ1) is 22.5. The van der Waals surface area contributed by atoms with Gasteiger partial charge in [-0.3, -0.25) is 28.8 Å². The molecule has 0 unspecified atom stereocenters. The van der Waals surface area contributed by atoms with Crippen LogP contribution in [0.3, 0.4) is 0 Å². The Balaban J connectivity index is 1.20. The fourth-order valence-corrected chi connectivity index (χ4v) is 7.66. The zero-order valence-electron chi connectivity index (χ0n) is 28.0. The minimum atomic E-state index is -0.844. The van der Waals surface area contributed by atoms with E-state index < -0.39 is 29.7 Å². The zero-order chi connectivity index (χ0) is 33.6. The molecule has 5 atom stereocenters. The second-order valence-corrected chi connectivity index (χ2v) is 14.3. The third kappa shape index (κ3) is 6.93. The predicted molar refractivity (Wildman–Crippen MR) is 175 cm³/mol. The molecule has 3 N–H and O–H groups in total. The van der Waals surface area contributed by atoms with Gasteiger partial charge in [-0.1, -0.05) is 19.9 Å². The molecule has 2 saturated heterocycles. The Labute approximate surface area is 276 Å². The monoisotopic (exact) mass is 649 g/mol. The van der Waals surface area contributed by atoms with Crippen LogP contribution in [0.2, 0.25) is 0 Å². The van der Waals surface area contributed by atoms with E-state index >= 15 is 4.39 Å². The van der Waals surface area contributed by atoms with Gasteiger partial charge in [-0.2, -0.15) is 5.10 Å². The van der Waals surface area contributed by atoms with Crippen LogP contribution < -0.4 is 16.0 Å². The number of likely N-dealkylation sites (tertiary alicyclic amines) is 2. The number of piperazine rings is 1. The molecule has 2 aromatic rings. The summed E-state index contributed by atoms with van der Waals surface area (Å²) in [4.78, 5) is 57.8. The van der Waals surface area contributed by atoms with Crippen molar-refractivity contribution in [3.8, 4) is 0 Å². The number of anilines is 1. The summed E-state index contributed by atoms with van der Waals surface area (Å²) in [6.07, 6.45) is 6.75. The molecule has 12 heteroatoms. The second-order valence-electron chi connectivity index (χ2n) is 14.3. The van der Waals surface area contributed by atoms with Crippen molar-refractivity contribution in [3.63, 3.8) is 0 Å². The molecule has 3 heterocycles. The van der Waals surface area contributed by atoms with E-state index in [1.807, 2.05) is 25.7 Å². The lowest BCUT2D eigenvalue weighted by Gasteiger charge is -2.36. The smallest absolute Gasteiger partial charge is 0.270 e. The Morgan fingerprint density at radius 1 is 0.957 bits per heavy atom. The number of aromatic nitrogens is 2. The first kappa shape index (κ1) is 33.1. The van der Waals surface area contributed by atoms with Gasteiger partial charge in [0, 0.05) is 49.8 Å². The van der Waals surface area contributed by atoms with Gasteiger partial charge in [-0.25, -0.2) is 4.39 Å². The molecule has 1 aromatic carbocycles. The van der Waals surface area contributed by atoms with Crippen LogP contribution >= 0.6 is 0 Å². The van der Waals surface area contributed by atoms with Crippen molar-refractivity contribution in [2.75, 3.05) is 25.5 Å². The lowest BCUT2D eigenvalue weighted by atomic mass is 9.88. The quantitative estimate of drug-likeness (QED) is 0.304. The SMILES string of the molecule is CCC(=O)N[C@@H](C(=O)N1C[C@H]2C[C@@H]1CN2C)[C@@H](C)c1ccc(NC(=O)[C@@H](NC(=O)c2ccnn2C(C)C)C(C2CC2)C2CC2)c(F)c1. The summed E-state index contributed by atoms with van der Waals surface area (Å²) >= 11 is 0. The Bertz CT molecular complexity index is 1500. The summed E-state index contributed by atoms with van der Waals surface area (Å²) < 4.78 is 17.4. The van der Waals surface area contributed by atoms with Gasteiger partial charge in [0.15, 0.2) is 0 Å². The van der Waals surface area contributed by atoms with Crippen LogP contribution in [0.25, 0.3) is 0 Å². The van der Waals surface area contributed by atoms with Crippen LogP contribution in [0.15, 0.2) is 30.5 Å². The maximum Gasteiger partial charge on any atom is 0.270 e. The van der Waals surface area contributed by atoms with E-state index in [0.717, 1.165) is 38.6 Å². The number of hydrogen-bond donors (Lipinski definition) is 3. The number of halogens is 1.